The quantitative estimate of drug-likeness (QED) is 0.410. The summed E-state index contributed by atoms with van der Waals surface area (Å²) in [5.74, 6) is 0. The number of hydrogen-bond acceptors (Lipinski definition) is 4. The molecule has 1 atom stereocenters. The molecule has 0 aliphatic rings. The fourth-order valence-electron chi connectivity index (χ4n) is 0.721. The maximum absolute atomic E-state index is 3.26. The van der Waals surface area contributed by atoms with Crippen LogP contribution in [0.15, 0.2) is 0 Å². The molecule has 0 fully saturated rings. The van der Waals surface area contributed by atoms with E-state index in [4.69, 9.17) is 0 Å². The first-order chi connectivity index (χ1) is 5.66. The zero-order chi connectivity index (χ0) is 9.40. The van der Waals surface area contributed by atoms with Crippen molar-refractivity contribution in [2.24, 2.45) is 0 Å². The Morgan fingerprint density at radius 3 is 2.25 bits per heavy atom. The third-order valence-corrected chi connectivity index (χ3v) is 1.38. The SMILES string of the molecule is CCNC[C@@H](C)NNNC(C)C. The monoisotopic (exact) mass is 174 g/mol. The molecule has 0 amide bonds. The van der Waals surface area contributed by atoms with Crippen LogP contribution in [0.2, 0.25) is 0 Å². The summed E-state index contributed by atoms with van der Waals surface area (Å²) >= 11 is 0. The van der Waals surface area contributed by atoms with Gasteiger partial charge in [-0.25, -0.2) is 10.9 Å². The summed E-state index contributed by atoms with van der Waals surface area (Å²) in [6, 6.07) is 0.875. The first kappa shape index (κ1) is 11.8. The Balaban J connectivity index is 3.13. The highest BCUT2D eigenvalue weighted by atomic mass is 15.6. The molecule has 4 heteroatoms. The minimum Gasteiger partial charge on any atom is -0.315 e. The van der Waals surface area contributed by atoms with Gasteiger partial charge in [-0.2, -0.15) is 5.53 Å². The zero-order valence-corrected chi connectivity index (χ0v) is 8.57. The third-order valence-electron chi connectivity index (χ3n) is 1.38. The molecule has 0 aromatic carbocycles. The van der Waals surface area contributed by atoms with Crippen molar-refractivity contribution >= 4 is 0 Å². The van der Waals surface area contributed by atoms with Gasteiger partial charge in [-0.1, -0.05) is 6.92 Å². The largest absolute Gasteiger partial charge is 0.315 e. The van der Waals surface area contributed by atoms with Gasteiger partial charge in [0, 0.05) is 18.6 Å². The van der Waals surface area contributed by atoms with Crippen LogP contribution in [-0.2, 0) is 0 Å². The van der Waals surface area contributed by atoms with Crippen molar-refractivity contribution < 1.29 is 0 Å². The number of hydrazine groups is 2. The van der Waals surface area contributed by atoms with Gasteiger partial charge in [0.15, 0.2) is 0 Å². The maximum Gasteiger partial charge on any atom is 0.0322 e. The van der Waals surface area contributed by atoms with Gasteiger partial charge in [-0.05, 0) is 27.3 Å². The van der Waals surface area contributed by atoms with Crippen LogP contribution < -0.4 is 21.7 Å². The van der Waals surface area contributed by atoms with Crippen LogP contribution in [0.5, 0.6) is 0 Å². The van der Waals surface area contributed by atoms with Crippen molar-refractivity contribution in [3.05, 3.63) is 0 Å². The molecule has 0 bridgehead atoms. The Labute approximate surface area is 75.4 Å². The van der Waals surface area contributed by atoms with Crippen molar-refractivity contribution in [3.63, 3.8) is 0 Å². The molecule has 4 nitrogen and oxygen atoms in total. The Bertz CT molecular complexity index is 95.1. The summed E-state index contributed by atoms with van der Waals surface area (Å²) in [6.45, 7) is 10.4. The molecule has 4 N–H and O–H groups in total. The minimum absolute atomic E-state index is 0.427. The normalized spacial score (nSPS) is 13.8. The Morgan fingerprint density at radius 2 is 1.75 bits per heavy atom. The summed E-state index contributed by atoms with van der Waals surface area (Å²) in [6.07, 6.45) is 0. The molecule has 0 aliphatic heterocycles. The number of likely N-dealkylation sites (N-methyl/N-ethyl adjacent to an activating group) is 1. The van der Waals surface area contributed by atoms with Gasteiger partial charge in [0.25, 0.3) is 0 Å². The number of nitrogens with one attached hydrogen (secondary N) is 4. The Morgan fingerprint density at radius 1 is 1.08 bits per heavy atom. The van der Waals surface area contributed by atoms with E-state index in [2.05, 4.69) is 49.4 Å². The predicted octanol–water partition coefficient (Wildman–Crippen LogP) is -0.00840. The molecular formula is C8H22N4. The van der Waals surface area contributed by atoms with E-state index in [-0.39, 0.29) is 0 Å². The van der Waals surface area contributed by atoms with Gasteiger partial charge in [-0.3, -0.25) is 0 Å². The van der Waals surface area contributed by atoms with Gasteiger partial charge in [-0.15, -0.1) is 0 Å². The maximum atomic E-state index is 3.26. The highest BCUT2D eigenvalue weighted by molar-refractivity contribution is 4.59. The molecule has 0 unspecified atom stereocenters. The first-order valence-electron chi connectivity index (χ1n) is 4.63. The molecule has 0 heterocycles. The second-order valence-electron chi connectivity index (χ2n) is 3.28. The lowest BCUT2D eigenvalue weighted by atomic mass is 10.3. The molecule has 12 heavy (non-hydrogen) atoms. The van der Waals surface area contributed by atoms with Crippen LogP contribution in [0.4, 0.5) is 0 Å². The topological polar surface area (TPSA) is 48.1 Å². The van der Waals surface area contributed by atoms with E-state index in [0.717, 1.165) is 13.1 Å². The second-order valence-corrected chi connectivity index (χ2v) is 3.28. The minimum atomic E-state index is 0.427. The third kappa shape index (κ3) is 7.94. The van der Waals surface area contributed by atoms with E-state index < -0.39 is 0 Å². The lowest BCUT2D eigenvalue weighted by Gasteiger charge is -2.16. The van der Waals surface area contributed by atoms with Crippen LogP contribution in [0.1, 0.15) is 27.7 Å². The van der Waals surface area contributed by atoms with Gasteiger partial charge >= 0.3 is 0 Å². The van der Waals surface area contributed by atoms with E-state index in [1.54, 1.807) is 0 Å². The fraction of sp³-hybridized carbons (Fsp3) is 1.00. The predicted molar refractivity (Wildman–Crippen MR) is 52.5 cm³/mol. The summed E-state index contributed by atoms with van der Waals surface area (Å²) in [5.41, 5.74) is 9.14. The Hall–Kier alpha value is -0.160. The van der Waals surface area contributed by atoms with Gasteiger partial charge in [0.1, 0.15) is 0 Å². The lowest BCUT2D eigenvalue weighted by Crippen LogP contribution is -2.52. The van der Waals surface area contributed by atoms with Crippen molar-refractivity contribution in [2.75, 3.05) is 13.1 Å². The van der Waals surface area contributed by atoms with Crippen molar-refractivity contribution in [2.45, 2.75) is 39.8 Å². The fourth-order valence-corrected chi connectivity index (χ4v) is 0.721. The number of rotatable bonds is 7. The van der Waals surface area contributed by atoms with Crippen molar-refractivity contribution in [3.8, 4) is 0 Å². The van der Waals surface area contributed by atoms with Gasteiger partial charge < -0.3 is 5.32 Å². The molecule has 74 valence electrons. The standard InChI is InChI=1S/C8H22N4/c1-5-9-6-8(4)11-12-10-7(2)3/h7-12H,5-6H2,1-4H3/t8-/m1/s1. The van der Waals surface area contributed by atoms with E-state index in [0.29, 0.717) is 12.1 Å². The smallest absolute Gasteiger partial charge is 0.0322 e. The second kappa shape index (κ2) is 7.49. The molecule has 0 saturated carbocycles. The zero-order valence-electron chi connectivity index (χ0n) is 8.57. The molecule has 0 aliphatic carbocycles. The summed E-state index contributed by atoms with van der Waals surface area (Å²) < 4.78 is 0. The molecule has 0 radical (unpaired) electrons. The molecular weight excluding hydrogens is 152 g/mol. The number of hydrogen-bond donors (Lipinski definition) is 4. The summed E-state index contributed by atoms with van der Waals surface area (Å²) in [4.78, 5) is 0. The van der Waals surface area contributed by atoms with Crippen LogP contribution in [-0.4, -0.2) is 25.2 Å². The highest BCUT2D eigenvalue weighted by Gasteiger charge is 1.98. The molecule has 0 rings (SSSR count). The molecule has 0 aromatic rings. The van der Waals surface area contributed by atoms with Gasteiger partial charge in [0.2, 0.25) is 0 Å². The lowest BCUT2D eigenvalue weighted by molar-refractivity contribution is 0.350. The Kier molecular flexibility index (Phi) is 7.39. The summed E-state index contributed by atoms with van der Waals surface area (Å²) in [5, 5.41) is 3.26. The van der Waals surface area contributed by atoms with Crippen LogP contribution in [0.3, 0.4) is 0 Å². The highest BCUT2D eigenvalue weighted by Crippen LogP contribution is 1.74. The molecule has 0 aromatic heterocycles. The average Bonchev–Trinajstić information content (AvgIpc) is 2.00. The average molecular weight is 174 g/mol. The van der Waals surface area contributed by atoms with Crippen LogP contribution in [0.25, 0.3) is 0 Å². The van der Waals surface area contributed by atoms with Crippen LogP contribution >= 0.6 is 0 Å². The summed E-state index contributed by atoms with van der Waals surface area (Å²) in [7, 11) is 0. The molecule has 0 spiro atoms. The molecule has 0 saturated heterocycles. The first-order valence-corrected chi connectivity index (χ1v) is 4.63. The van der Waals surface area contributed by atoms with Crippen molar-refractivity contribution in [1.29, 1.82) is 0 Å². The van der Waals surface area contributed by atoms with Crippen LogP contribution in [0, 0.1) is 0 Å². The van der Waals surface area contributed by atoms with Crippen molar-refractivity contribution in [1.82, 2.24) is 21.7 Å². The van der Waals surface area contributed by atoms with E-state index in [1.165, 1.54) is 0 Å². The van der Waals surface area contributed by atoms with Gasteiger partial charge in [0.05, 0.1) is 0 Å². The van der Waals surface area contributed by atoms with E-state index in [1.807, 2.05) is 0 Å². The van der Waals surface area contributed by atoms with E-state index >= 15 is 0 Å². The van der Waals surface area contributed by atoms with E-state index in [9.17, 15) is 0 Å².